The number of carbonyl (C=O) groups excluding carboxylic acids is 1. The molecular formula is C13H14BrN3O2. The molecule has 5 nitrogen and oxygen atoms in total. The van der Waals surface area contributed by atoms with Crippen LogP contribution in [0.15, 0.2) is 34.9 Å². The van der Waals surface area contributed by atoms with Crippen LogP contribution in [0.5, 0.6) is 5.75 Å². The Kier molecular flexibility index (Phi) is 3.80. The van der Waals surface area contributed by atoms with Crippen molar-refractivity contribution in [1.29, 1.82) is 0 Å². The lowest BCUT2D eigenvalue weighted by molar-refractivity contribution is 0.101. The van der Waals surface area contributed by atoms with Crippen LogP contribution in [0, 0.1) is 0 Å². The third kappa shape index (κ3) is 2.90. The molecule has 0 bridgehead atoms. The van der Waals surface area contributed by atoms with Gasteiger partial charge in [-0.15, -0.1) is 0 Å². The standard InChI is InChI=1S/C13H14BrN3O2/c1-17-7-8(14)5-11(17)13(18)16-9-3-4-12(19-2)10(15)6-9/h3-7H,15H2,1-2H3,(H,16,18). The second-order valence-corrected chi connectivity index (χ2v) is 4.98. The number of ether oxygens (including phenoxy) is 1. The van der Waals surface area contributed by atoms with Gasteiger partial charge in [-0.3, -0.25) is 4.79 Å². The lowest BCUT2D eigenvalue weighted by Crippen LogP contribution is -2.15. The highest BCUT2D eigenvalue weighted by Gasteiger charge is 2.12. The van der Waals surface area contributed by atoms with Crippen molar-refractivity contribution in [3.8, 4) is 5.75 Å². The van der Waals surface area contributed by atoms with Crippen molar-refractivity contribution in [2.45, 2.75) is 0 Å². The SMILES string of the molecule is COc1ccc(NC(=O)c2cc(Br)cn2C)cc1N. The largest absolute Gasteiger partial charge is 0.495 e. The number of amides is 1. The van der Waals surface area contributed by atoms with Crippen LogP contribution in [0.4, 0.5) is 11.4 Å². The number of rotatable bonds is 3. The Bertz CT molecular complexity index is 622. The van der Waals surface area contributed by atoms with Gasteiger partial charge in [0, 0.05) is 23.4 Å². The van der Waals surface area contributed by atoms with E-state index in [9.17, 15) is 4.79 Å². The molecule has 1 heterocycles. The first kappa shape index (κ1) is 13.5. The molecule has 19 heavy (non-hydrogen) atoms. The van der Waals surface area contributed by atoms with Gasteiger partial charge in [0.1, 0.15) is 11.4 Å². The lowest BCUT2D eigenvalue weighted by atomic mass is 10.2. The van der Waals surface area contributed by atoms with E-state index < -0.39 is 0 Å². The maximum absolute atomic E-state index is 12.1. The number of halogens is 1. The Balaban J connectivity index is 2.19. The molecule has 1 aromatic heterocycles. The second kappa shape index (κ2) is 5.36. The van der Waals surface area contributed by atoms with Gasteiger partial charge < -0.3 is 20.4 Å². The maximum Gasteiger partial charge on any atom is 0.272 e. The highest BCUT2D eigenvalue weighted by Crippen LogP contribution is 2.25. The molecule has 0 atom stereocenters. The number of anilines is 2. The molecule has 0 aliphatic rings. The summed E-state index contributed by atoms with van der Waals surface area (Å²) < 4.78 is 7.66. The van der Waals surface area contributed by atoms with Crippen LogP contribution < -0.4 is 15.8 Å². The van der Waals surface area contributed by atoms with Crippen molar-refractivity contribution < 1.29 is 9.53 Å². The molecule has 0 aliphatic heterocycles. The minimum Gasteiger partial charge on any atom is -0.495 e. The first-order chi connectivity index (χ1) is 9.01. The first-order valence-electron chi connectivity index (χ1n) is 5.58. The number of nitrogens with zero attached hydrogens (tertiary/aromatic N) is 1. The molecule has 0 saturated carbocycles. The number of hydrogen-bond donors (Lipinski definition) is 2. The molecule has 100 valence electrons. The number of aryl methyl sites for hydroxylation is 1. The van der Waals surface area contributed by atoms with Crippen molar-refractivity contribution >= 4 is 33.2 Å². The average molecular weight is 324 g/mol. The van der Waals surface area contributed by atoms with Gasteiger partial charge in [-0.1, -0.05) is 0 Å². The van der Waals surface area contributed by atoms with Crippen molar-refractivity contribution in [3.05, 3.63) is 40.6 Å². The normalized spacial score (nSPS) is 10.3. The molecule has 0 saturated heterocycles. The fourth-order valence-electron chi connectivity index (χ4n) is 1.76. The van der Waals surface area contributed by atoms with Crippen molar-refractivity contribution in [2.24, 2.45) is 7.05 Å². The third-order valence-electron chi connectivity index (χ3n) is 2.69. The zero-order valence-corrected chi connectivity index (χ0v) is 12.2. The predicted molar refractivity (Wildman–Crippen MR) is 78.5 cm³/mol. The number of nitrogens with one attached hydrogen (secondary N) is 1. The molecule has 2 aromatic rings. The van der Waals surface area contributed by atoms with Gasteiger partial charge in [0.15, 0.2) is 0 Å². The quantitative estimate of drug-likeness (QED) is 0.853. The summed E-state index contributed by atoms with van der Waals surface area (Å²) in [6.07, 6.45) is 1.82. The number of aromatic nitrogens is 1. The Morgan fingerprint density at radius 2 is 2.16 bits per heavy atom. The van der Waals surface area contributed by atoms with E-state index in [1.807, 2.05) is 13.2 Å². The number of nitrogen functional groups attached to an aromatic ring is 1. The fraction of sp³-hybridized carbons (Fsp3) is 0.154. The summed E-state index contributed by atoms with van der Waals surface area (Å²) in [6.45, 7) is 0. The van der Waals surface area contributed by atoms with Gasteiger partial charge in [-0.25, -0.2) is 0 Å². The minimum absolute atomic E-state index is 0.197. The maximum atomic E-state index is 12.1. The minimum atomic E-state index is -0.197. The highest BCUT2D eigenvalue weighted by molar-refractivity contribution is 9.10. The summed E-state index contributed by atoms with van der Waals surface area (Å²) >= 11 is 3.33. The molecule has 6 heteroatoms. The zero-order valence-electron chi connectivity index (χ0n) is 10.6. The summed E-state index contributed by atoms with van der Waals surface area (Å²) in [5, 5.41) is 2.79. The van der Waals surface area contributed by atoms with Gasteiger partial charge in [0.05, 0.1) is 12.8 Å². The number of nitrogens with two attached hydrogens (primary N) is 1. The molecule has 1 aromatic carbocycles. The molecule has 2 rings (SSSR count). The van der Waals surface area contributed by atoms with E-state index in [1.54, 1.807) is 35.9 Å². The van der Waals surface area contributed by atoms with E-state index >= 15 is 0 Å². The van der Waals surface area contributed by atoms with Gasteiger partial charge >= 0.3 is 0 Å². The molecule has 0 spiro atoms. The molecule has 3 N–H and O–H groups in total. The topological polar surface area (TPSA) is 69.3 Å². The first-order valence-corrected chi connectivity index (χ1v) is 6.37. The Labute approximate surface area is 119 Å². The van der Waals surface area contributed by atoms with Crippen LogP contribution in [0.25, 0.3) is 0 Å². The van der Waals surface area contributed by atoms with E-state index in [2.05, 4.69) is 21.2 Å². The Hall–Kier alpha value is -1.95. The van der Waals surface area contributed by atoms with Gasteiger partial charge in [-0.2, -0.15) is 0 Å². The van der Waals surface area contributed by atoms with E-state index in [4.69, 9.17) is 10.5 Å². The van der Waals surface area contributed by atoms with Crippen LogP contribution in [0.1, 0.15) is 10.5 Å². The molecule has 0 unspecified atom stereocenters. The van der Waals surface area contributed by atoms with Crippen molar-refractivity contribution in [2.75, 3.05) is 18.2 Å². The number of benzene rings is 1. The van der Waals surface area contributed by atoms with E-state index in [0.29, 0.717) is 22.8 Å². The average Bonchev–Trinajstić information content (AvgIpc) is 2.69. The zero-order chi connectivity index (χ0) is 14.0. The van der Waals surface area contributed by atoms with Gasteiger partial charge in [0.2, 0.25) is 0 Å². The van der Waals surface area contributed by atoms with Gasteiger partial charge in [0.25, 0.3) is 5.91 Å². The molecule has 0 radical (unpaired) electrons. The third-order valence-corrected chi connectivity index (χ3v) is 3.13. The monoisotopic (exact) mass is 323 g/mol. The second-order valence-electron chi connectivity index (χ2n) is 4.07. The summed E-state index contributed by atoms with van der Waals surface area (Å²) in [5.74, 6) is 0.386. The van der Waals surface area contributed by atoms with Crippen LogP contribution in [-0.4, -0.2) is 17.6 Å². The Morgan fingerprint density at radius 3 is 2.68 bits per heavy atom. The predicted octanol–water partition coefficient (Wildman–Crippen LogP) is 2.63. The number of carbonyl (C=O) groups is 1. The molecule has 0 aliphatic carbocycles. The summed E-state index contributed by atoms with van der Waals surface area (Å²) in [7, 11) is 3.35. The van der Waals surface area contributed by atoms with Crippen molar-refractivity contribution in [1.82, 2.24) is 4.57 Å². The van der Waals surface area contributed by atoms with Crippen LogP contribution in [0.3, 0.4) is 0 Å². The van der Waals surface area contributed by atoms with E-state index in [1.165, 1.54) is 0 Å². The van der Waals surface area contributed by atoms with E-state index in [0.717, 1.165) is 4.47 Å². The highest BCUT2D eigenvalue weighted by atomic mass is 79.9. The number of hydrogen-bond acceptors (Lipinski definition) is 3. The van der Waals surface area contributed by atoms with E-state index in [-0.39, 0.29) is 5.91 Å². The summed E-state index contributed by atoms with van der Waals surface area (Å²) in [5.41, 5.74) is 7.45. The lowest BCUT2D eigenvalue weighted by Gasteiger charge is -2.09. The summed E-state index contributed by atoms with van der Waals surface area (Å²) in [4.78, 5) is 12.1. The van der Waals surface area contributed by atoms with Gasteiger partial charge in [-0.05, 0) is 40.2 Å². The van der Waals surface area contributed by atoms with Crippen LogP contribution in [-0.2, 0) is 7.05 Å². The van der Waals surface area contributed by atoms with Crippen LogP contribution >= 0.6 is 15.9 Å². The molecule has 1 amide bonds. The van der Waals surface area contributed by atoms with Crippen molar-refractivity contribution in [3.63, 3.8) is 0 Å². The molecular weight excluding hydrogens is 310 g/mol. The fourth-order valence-corrected chi connectivity index (χ4v) is 2.28. The molecule has 0 fully saturated rings. The number of methoxy groups -OCH3 is 1. The Morgan fingerprint density at radius 1 is 1.42 bits per heavy atom. The van der Waals surface area contributed by atoms with Crippen LogP contribution in [0.2, 0.25) is 0 Å². The smallest absolute Gasteiger partial charge is 0.272 e. The summed E-state index contributed by atoms with van der Waals surface area (Å²) in [6, 6.07) is 6.87.